The first kappa shape index (κ1) is 20.6. The van der Waals surface area contributed by atoms with Gasteiger partial charge < -0.3 is 8.92 Å². The number of nitrogens with zero attached hydrogens (tertiary/aromatic N) is 2. The molecule has 6 nitrogen and oxygen atoms in total. The predicted octanol–water partition coefficient (Wildman–Crippen LogP) is 4.42. The fraction of sp³-hybridized carbons (Fsp3) is 0.125. The molecule has 2 aromatic heterocycles. The molecule has 0 aliphatic carbocycles. The van der Waals surface area contributed by atoms with Crippen molar-refractivity contribution in [3.05, 3.63) is 48.7 Å². The van der Waals surface area contributed by atoms with E-state index in [1.165, 1.54) is 30.5 Å². The fourth-order valence-electron chi connectivity index (χ4n) is 2.30. The Kier molecular flexibility index (Phi) is 5.03. The third-order valence-corrected chi connectivity index (χ3v) is 4.34. The van der Waals surface area contributed by atoms with E-state index in [2.05, 4.69) is 18.9 Å². The molecular formula is C16H8F6N2O4S. The number of aromatic nitrogens is 2. The molecule has 0 saturated heterocycles. The average Bonchev–Trinajstić information content (AvgIpc) is 2.58. The lowest BCUT2D eigenvalue weighted by Crippen LogP contribution is -2.28. The van der Waals surface area contributed by atoms with Crippen molar-refractivity contribution in [2.45, 2.75) is 11.9 Å². The zero-order valence-electron chi connectivity index (χ0n) is 13.8. The maximum absolute atomic E-state index is 12.6. The highest BCUT2D eigenvalue weighted by Crippen LogP contribution is 2.33. The molecule has 13 heteroatoms. The van der Waals surface area contributed by atoms with Crippen molar-refractivity contribution in [1.29, 1.82) is 0 Å². The Morgan fingerprint density at radius 3 is 2.31 bits per heavy atom. The SMILES string of the molecule is O=S(=O)(Oc1cc2cccnc2c(-c2cccc(OC(F)(F)F)c2)n1)C(F)(F)F. The Labute approximate surface area is 158 Å². The van der Waals surface area contributed by atoms with E-state index in [4.69, 9.17) is 0 Å². The number of hydrogen-bond acceptors (Lipinski definition) is 6. The number of benzene rings is 1. The van der Waals surface area contributed by atoms with Crippen molar-refractivity contribution in [3.8, 4) is 22.9 Å². The zero-order valence-corrected chi connectivity index (χ0v) is 14.6. The van der Waals surface area contributed by atoms with Crippen LogP contribution in [0, 0.1) is 0 Å². The van der Waals surface area contributed by atoms with Crippen molar-refractivity contribution in [1.82, 2.24) is 9.97 Å². The molecule has 0 amide bonds. The lowest BCUT2D eigenvalue weighted by molar-refractivity contribution is -0.274. The molecule has 1 aromatic carbocycles. The monoisotopic (exact) mass is 438 g/mol. The largest absolute Gasteiger partial charge is 0.573 e. The predicted molar refractivity (Wildman–Crippen MR) is 87.3 cm³/mol. The van der Waals surface area contributed by atoms with Crippen LogP contribution in [-0.4, -0.2) is 30.3 Å². The molecule has 0 N–H and O–H groups in total. The number of fused-ring (bicyclic) bond motifs is 1. The van der Waals surface area contributed by atoms with Gasteiger partial charge in [-0.1, -0.05) is 18.2 Å². The zero-order chi connectivity index (χ0) is 21.4. The van der Waals surface area contributed by atoms with Gasteiger partial charge in [0.25, 0.3) is 0 Å². The first-order chi connectivity index (χ1) is 13.4. The number of rotatable bonds is 4. The second-order valence-electron chi connectivity index (χ2n) is 5.44. The van der Waals surface area contributed by atoms with Crippen LogP contribution in [0.2, 0.25) is 0 Å². The van der Waals surface area contributed by atoms with Gasteiger partial charge in [-0.05, 0) is 18.2 Å². The van der Waals surface area contributed by atoms with Gasteiger partial charge in [-0.3, -0.25) is 4.98 Å². The molecule has 0 fully saturated rings. The van der Waals surface area contributed by atoms with E-state index in [9.17, 15) is 34.8 Å². The summed E-state index contributed by atoms with van der Waals surface area (Å²) in [4.78, 5) is 7.70. The van der Waals surface area contributed by atoms with Crippen LogP contribution in [0.25, 0.3) is 22.2 Å². The smallest absolute Gasteiger partial charge is 0.406 e. The highest BCUT2D eigenvalue weighted by molar-refractivity contribution is 7.87. The van der Waals surface area contributed by atoms with Gasteiger partial charge in [-0.2, -0.15) is 21.6 Å². The molecule has 2 heterocycles. The lowest BCUT2D eigenvalue weighted by Gasteiger charge is -2.13. The van der Waals surface area contributed by atoms with Crippen molar-refractivity contribution in [2.75, 3.05) is 0 Å². The van der Waals surface area contributed by atoms with Crippen LogP contribution in [0.4, 0.5) is 26.3 Å². The summed E-state index contributed by atoms with van der Waals surface area (Å²) in [6.45, 7) is 0. The minimum Gasteiger partial charge on any atom is -0.406 e. The van der Waals surface area contributed by atoms with Gasteiger partial charge in [0.2, 0.25) is 5.88 Å². The summed E-state index contributed by atoms with van der Waals surface area (Å²) in [6.07, 6.45) is -3.66. The number of alkyl halides is 6. The summed E-state index contributed by atoms with van der Waals surface area (Å²) in [5.41, 5.74) is -5.83. The summed E-state index contributed by atoms with van der Waals surface area (Å²) in [7, 11) is -6.01. The number of ether oxygens (including phenoxy) is 1. The Balaban J connectivity index is 2.14. The summed E-state index contributed by atoms with van der Waals surface area (Å²) in [5.74, 6) is -1.55. The normalized spacial score (nSPS) is 12.8. The Morgan fingerprint density at radius 1 is 0.931 bits per heavy atom. The lowest BCUT2D eigenvalue weighted by atomic mass is 10.1. The molecule has 3 rings (SSSR count). The molecule has 0 radical (unpaired) electrons. The maximum atomic E-state index is 12.6. The highest BCUT2D eigenvalue weighted by atomic mass is 32.2. The van der Waals surface area contributed by atoms with Crippen LogP contribution in [0.3, 0.4) is 0 Å². The minimum atomic E-state index is -6.01. The van der Waals surface area contributed by atoms with E-state index in [0.29, 0.717) is 0 Å². The summed E-state index contributed by atoms with van der Waals surface area (Å²) in [5, 5.41) is 0.145. The molecule has 0 unspecified atom stereocenters. The molecule has 3 aromatic rings. The third-order valence-electron chi connectivity index (χ3n) is 3.38. The Bertz CT molecular complexity index is 1160. The van der Waals surface area contributed by atoms with Crippen LogP contribution in [0.5, 0.6) is 11.6 Å². The molecule has 0 atom stereocenters. The van der Waals surface area contributed by atoms with Gasteiger partial charge >= 0.3 is 22.0 Å². The summed E-state index contributed by atoms with van der Waals surface area (Å²) >= 11 is 0. The van der Waals surface area contributed by atoms with Crippen LogP contribution in [0.15, 0.2) is 48.7 Å². The van der Waals surface area contributed by atoms with Gasteiger partial charge in [-0.25, -0.2) is 4.98 Å². The van der Waals surface area contributed by atoms with Crippen molar-refractivity contribution in [2.24, 2.45) is 0 Å². The second kappa shape index (κ2) is 7.06. The molecule has 0 bridgehead atoms. The van der Waals surface area contributed by atoms with Gasteiger partial charge in [-0.15, -0.1) is 13.2 Å². The molecule has 0 saturated carbocycles. The number of halogens is 6. The van der Waals surface area contributed by atoms with E-state index in [0.717, 1.165) is 18.2 Å². The van der Waals surface area contributed by atoms with E-state index >= 15 is 0 Å². The van der Waals surface area contributed by atoms with Crippen LogP contribution in [0.1, 0.15) is 0 Å². The van der Waals surface area contributed by atoms with Gasteiger partial charge in [0.15, 0.2) is 0 Å². The first-order valence-corrected chi connectivity index (χ1v) is 8.89. The van der Waals surface area contributed by atoms with Gasteiger partial charge in [0.1, 0.15) is 11.4 Å². The quantitative estimate of drug-likeness (QED) is 0.341. The van der Waals surface area contributed by atoms with Crippen LogP contribution < -0.4 is 8.92 Å². The molecule has 154 valence electrons. The molecule has 29 heavy (non-hydrogen) atoms. The van der Waals surface area contributed by atoms with E-state index < -0.39 is 33.6 Å². The topological polar surface area (TPSA) is 78.4 Å². The van der Waals surface area contributed by atoms with Gasteiger partial charge in [0, 0.05) is 23.2 Å². The van der Waals surface area contributed by atoms with Crippen molar-refractivity contribution < 1.29 is 43.7 Å². The summed E-state index contributed by atoms with van der Waals surface area (Å²) < 4.78 is 106. The van der Waals surface area contributed by atoms with Crippen molar-refractivity contribution in [3.63, 3.8) is 0 Å². The van der Waals surface area contributed by atoms with E-state index in [1.807, 2.05) is 0 Å². The fourth-order valence-corrected chi connectivity index (χ4v) is 2.71. The number of hydrogen-bond donors (Lipinski definition) is 0. The van der Waals surface area contributed by atoms with E-state index in [1.54, 1.807) is 0 Å². The Hall–Kier alpha value is -3.09. The van der Waals surface area contributed by atoms with E-state index in [-0.39, 0.29) is 22.2 Å². The van der Waals surface area contributed by atoms with Crippen LogP contribution in [-0.2, 0) is 10.1 Å². The third kappa shape index (κ3) is 4.67. The second-order valence-corrected chi connectivity index (χ2v) is 6.98. The molecule has 0 aliphatic rings. The average molecular weight is 438 g/mol. The van der Waals surface area contributed by atoms with Gasteiger partial charge in [0.05, 0.1) is 5.52 Å². The number of pyridine rings is 2. The highest BCUT2D eigenvalue weighted by Gasteiger charge is 2.49. The maximum Gasteiger partial charge on any atom is 0.573 e. The molecule has 0 aliphatic heterocycles. The van der Waals surface area contributed by atoms with Crippen LogP contribution >= 0.6 is 0 Å². The minimum absolute atomic E-state index is 0.0229. The first-order valence-electron chi connectivity index (χ1n) is 7.48. The summed E-state index contributed by atoms with van der Waals surface area (Å²) in [6, 6.07) is 8.11. The standard InChI is InChI=1S/C16H8F6N2O4S/c17-15(18,19)27-11-5-1-3-9(7-11)14-13-10(4-2-6-23-13)8-12(24-14)28-29(25,26)16(20,21)22/h1-8H. The Morgan fingerprint density at radius 2 is 1.66 bits per heavy atom. The molecular weight excluding hydrogens is 430 g/mol. The molecule has 0 spiro atoms. The van der Waals surface area contributed by atoms with Crippen molar-refractivity contribution >= 4 is 21.0 Å².